The first-order valence-corrected chi connectivity index (χ1v) is 9.55. The van der Waals surface area contributed by atoms with E-state index in [2.05, 4.69) is 0 Å². The number of rotatable bonds is 4. The number of ether oxygens (including phenoxy) is 2. The standard InChI is InChI=1S/C22H29BO5/c1-20(2)21(3,4)28-23(27-20)17-14-15(11-12-18(17)25-6)16-10-8-9-13-22(16,5)19(24)26-7/h8-12,14H,13H2,1-7H3. The average molecular weight is 384 g/mol. The van der Waals surface area contributed by atoms with Gasteiger partial charge in [0, 0.05) is 5.46 Å². The fourth-order valence-corrected chi connectivity index (χ4v) is 3.65. The molecule has 2 aliphatic rings. The van der Waals surface area contributed by atoms with Crippen LogP contribution in [0.1, 0.15) is 46.6 Å². The fraction of sp³-hybridized carbons (Fsp3) is 0.500. The van der Waals surface area contributed by atoms with Crippen LogP contribution < -0.4 is 10.2 Å². The van der Waals surface area contributed by atoms with Crippen molar-refractivity contribution >= 4 is 24.1 Å². The summed E-state index contributed by atoms with van der Waals surface area (Å²) >= 11 is 0. The summed E-state index contributed by atoms with van der Waals surface area (Å²) in [5.41, 5.74) is 0.981. The maximum absolute atomic E-state index is 12.5. The van der Waals surface area contributed by atoms with Crippen LogP contribution in [0.2, 0.25) is 0 Å². The van der Waals surface area contributed by atoms with Gasteiger partial charge >= 0.3 is 13.1 Å². The second-order valence-corrected chi connectivity index (χ2v) is 8.58. The van der Waals surface area contributed by atoms with Crippen molar-refractivity contribution in [2.75, 3.05) is 14.2 Å². The van der Waals surface area contributed by atoms with Crippen LogP contribution in [0, 0.1) is 5.41 Å². The van der Waals surface area contributed by atoms with Crippen LogP contribution in [-0.2, 0) is 18.8 Å². The molecule has 0 radical (unpaired) electrons. The molecular weight excluding hydrogens is 355 g/mol. The Labute approximate surface area is 167 Å². The first-order valence-electron chi connectivity index (χ1n) is 9.55. The van der Waals surface area contributed by atoms with Gasteiger partial charge < -0.3 is 18.8 Å². The normalized spacial score (nSPS) is 25.4. The van der Waals surface area contributed by atoms with Crippen LogP contribution >= 0.6 is 0 Å². The van der Waals surface area contributed by atoms with E-state index in [4.69, 9.17) is 18.8 Å². The molecule has 0 saturated carbocycles. The van der Waals surface area contributed by atoms with Gasteiger partial charge in [0.15, 0.2) is 0 Å². The smallest absolute Gasteiger partial charge is 0.497 e. The number of carbonyl (C=O) groups excluding carboxylic acids is 1. The zero-order valence-electron chi connectivity index (χ0n) is 17.8. The van der Waals surface area contributed by atoms with Crippen molar-refractivity contribution in [3.8, 4) is 5.75 Å². The van der Waals surface area contributed by atoms with Gasteiger partial charge in [-0.15, -0.1) is 0 Å². The van der Waals surface area contributed by atoms with Crippen molar-refractivity contribution in [3.63, 3.8) is 0 Å². The van der Waals surface area contributed by atoms with Gasteiger partial charge in [-0.25, -0.2) is 0 Å². The number of hydrogen-bond acceptors (Lipinski definition) is 5. The molecule has 28 heavy (non-hydrogen) atoms. The molecule has 150 valence electrons. The molecule has 3 rings (SSSR count). The van der Waals surface area contributed by atoms with Crippen molar-refractivity contribution in [1.29, 1.82) is 0 Å². The van der Waals surface area contributed by atoms with E-state index in [1.807, 2.05) is 71.0 Å². The van der Waals surface area contributed by atoms with E-state index in [1.165, 1.54) is 7.11 Å². The summed E-state index contributed by atoms with van der Waals surface area (Å²) in [5.74, 6) is 0.435. The highest BCUT2D eigenvalue weighted by Crippen LogP contribution is 2.43. The second-order valence-electron chi connectivity index (χ2n) is 8.58. The third-order valence-corrected chi connectivity index (χ3v) is 6.20. The van der Waals surface area contributed by atoms with Crippen molar-refractivity contribution < 1.29 is 23.6 Å². The summed E-state index contributed by atoms with van der Waals surface area (Å²) in [6.45, 7) is 9.99. The molecule has 1 aliphatic heterocycles. The molecule has 0 amide bonds. The Morgan fingerprint density at radius 3 is 2.29 bits per heavy atom. The maximum atomic E-state index is 12.5. The third kappa shape index (κ3) is 3.29. The van der Waals surface area contributed by atoms with Gasteiger partial charge in [-0.2, -0.15) is 0 Å². The van der Waals surface area contributed by atoms with E-state index in [1.54, 1.807) is 7.11 Å². The van der Waals surface area contributed by atoms with E-state index in [-0.39, 0.29) is 5.97 Å². The molecule has 5 nitrogen and oxygen atoms in total. The molecule has 1 fully saturated rings. The van der Waals surface area contributed by atoms with Crippen molar-refractivity contribution in [2.24, 2.45) is 5.41 Å². The highest BCUT2D eigenvalue weighted by molar-refractivity contribution is 6.63. The Hall–Kier alpha value is -2.05. The minimum atomic E-state index is -0.745. The zero-order chi connectivity index (χ0) is 20.7. The number of benzene rings is 1. The Morgan fingerprint density at radius 2 is 1.71 bits per heavy atom. The lowest BCUT2D eigenvalue weighted by atomic mass is 9.71. The van der Waals surface area contributed by atoms with E-state index in [0.29, 0.717) is 12.2 Å². The van der Waals surface area contributed by atoms with Crippen LogP contribution in [0.25, 0.3) is 5.57 Å². The lowest BCUT2D eigenvalue weighted by Gasteiger charge is -2.32. The summed E-state index contributed by atoms with van der Waals surface area (Å²) in [6, 6.07) is 5.85. The number of esters is 1. The topological polar surface area (TPSA) is 54.0 Å². The summed E-state index contributed by atoms with van der Waals surface area (Å²) in [7, 11) is 2.50. The third-order valence-electron chi connectivity index (χ3n) is 6.20. The summed E-state index contributed by atoms with van der Waals surface area (Å²) in [5, 5.41) is 0. The second kappa shape index (κ2) is 7.09. The largest absolute Gasteiger partial charge is 0.498 e. The molecule has 0 spiro atoms. The van der Waals surface area contributed by atoms with E-state index >= 15 is 0 Å². The predicted octanol–water partition coefficient (Wildman–Crippen LogP) is 3.52. The molecule has 1 saturated heterocycles. The summed E-state index contributed by atoms with van der Waals surface area (Å²) < 4.78 is 23.1. The monoisotopic (exact) mass is 384 g/mol. The number of hydrogen-bond donors (Lipinski definition) is 0. The van der Waals surface area contributed by atoms with Crippen LogP contribution in [0.3, 0.4) is 0 Å². The van der Waals surface area contributed by atoms with E-state index < -0.39 is 23.7 Å². The quantitative estimate of drug-likeness (QED) is 0.587. The van der Waals surface area contributed by atoms with Crippen LogP contribution in [-0.4, -0.2) is 38.5 Å². The minimum Gasteiger partial charge on any atom is -0.497 e. The average Bonchev–Trinajstić information content (AvgIpc) is 2.88. The number of carbonyl (C=O) groups is 1. The number of methoxy groups -OCH3 is 2. The van der Waals surface area contributed by atoms with Gasteiger partial charge in [0.05, 0.1) is 30.8 Å². The highest BCUT2D eigenvalue weighted by atomic mass is 16.7. The van der Waals surface area contributed by atoms with Gasteiger partial charge in [-0.05, 0) is 58.2 Å². The highest BCUT2D eigenvalue weighted by Gasteiger charge is 2.52. The molecule has 1 aromatic rings. The van der Waals surface area contributed by atoms with Crippen molar-refractivity contribution in [3.05, 3.63) is 42.0 Å². The molecule has 1 atom stereocenters. The Morgan fingerprint density at radius 1 is 1.07 bits per heavy atom. The Bertz CT molecular complexity index is 823. The molecule has 1 heterocycles. The first-order chi connectivity index (χ1) is 13.1. The fourth-order valence-electron chi connectivity index (χ4n) is 3.65. The molecular formula is C22H29BO5. The molecule has 1 aromatic carbocycles. The predicted molar refractivity (Wildman–Crippen MR) is 111 cm³/mol. The lowest BCUT2D eigenvalue weighted by Crippen LogP contribution is -2.41. The van der Waals surface area contributed by atoms with Crippen LogP contribution in [0.5, 0.6) is 5.75 Å². The van der Waals surface area contributed by atoms with Gasteiger partial charge in [-0.3, -0.25) is 4.79 Å². The van der Waals surface area contributed by atoms with Crippen molar-refractivity contribution in [1.82, 2.24) is 0 Å². The zero-order valence-corrected chi connectivity index (χ0v) is 17.8. The Kier molecular flexibility index (Phi) is 5.23. The molecule has 1 aliphatic carbocycles. The molecule has 0 bridgehead atoms. The SMILES string of the molecule is COC(=O)C1(C)CC=CC=C1c1ccc(OC)c(B2OC(C)(C)C(C)(C)O2)c1. The van der Waals surface area contributed by atoms with Gasteiger partial charge in [0.25, 0.3) is 0 Å². The van der Waals surface area contributed by atoms with Crippen molar-refractivity contribution in [2.45, 2.75) is 52.2 Å². The van der Waals surface area contributed by atoms with Crippen LogP contribution in [0.4, 0.5) is 0 Å². The summed E-state index contributed by atoms with van der Waals surface area (Å²) in [4.78, 5) is 12.5. The first kappa shape index (κ1) is 20.7. The minimum absolute atomic E-state index is 0.254. The van der Waals surface area contributed by atoms with Crippen LogP contribution in [0.15, 0.2) is 36.4 Å². The summed E-state index contributed by atoms with van der Waals surface area (Å²) in [6.07, 6.45) is 6.51. The molecule has 1 unspecified atom stereocenters. The lowest BCUT2D eigenvalue weighted by molar-refractivity contribution is -0.148. The molecule has 0 aromatic heterocycles. The van der Waals surface area contributed by atoms with E-state index in [0.717, 1.165) is 16.6 Å². The molecule has 0 N–H and O–H groups in total. The van der Waals surface area contributed by atoms with Gasteiger partial charge in [0.2, 0.25) is 0 Å². The molecule has 6 heteroatoms. The van der Waals surface area contributed by atoms with Gasteiger partial charge in [-0.1, -0.05) is 30.4 Å². The number of allylic oxidation sites excluding steroid dienone is 3. The maximum Gasteiger partial charge on any atom is 0.498 e. The Balaban J connectivity index is 2.06. The van der Waals surface area contributed by atoms with Gasteiger partial charge in [0.1, 0.15) is 5.75 Å². The van der Waals surface area contributed by atoms with E-state index in [9.17, 15) is 4.79 Å².